The van der Waals surface area contributed by atoms with Crippen LogP contribution in [0, 0.1) is 0 Å². The normalized spacial score (nSPS) is 15.2. The van der Waals surface area contributed by atoms with Gasteiger partial charge >= 0.3 is 0 Å². The van der Waals surface area contributed by atoms with Gasteiger partial charge in [0.05, 0.1) is 0 Å². The van der Waals surface area contributed by atoms with Crippen molar-refractivity contribution in [3.63, 3.8) is 0 Å². The maximum Gasteiger partial charge on any atom is 0.191 e. The third-order valence-corrected chi connectivity index (χ3v) is 4.34. The van der Waals surface area contributed by atoms with Crippen LogP contribution in [0.5, 0.6) is 0 Å². The van der Waals surface area contributed by atoms with E-state index in [-0.39, 0.29) is 24.0 Å². The molecule has 0 amide bonds. The van der Waals surface area contributed by atoms with Gasteiger partial charge in [0.1, 0.15) is 0 Å². The summed E-state index contributed by atoms with van der Waals surface area (Å²) in [5.41, 5.74) is 1.31. The highest BCUT2D eigenvalue weighted by Gasteiger charge is 2.29. The predicted molar refractivity (Wildman–Crippen MR) is 103 cm³/mol. The average Bonchev–Trinajstić information content (AvgIpc) is 3.13. The molecule has 0 radical (unpaired) electrons. The van der Waals surface area contributed by atoms with Crippen molar-refractivity contribution in [1.82, 2.24) is 15.5 Å². The highest BCUT2D eigenvalue weighted by Crippen LogP contribution is 2.27. The molecule has 1 heterocycles. The van der Waals surface area contributed by atoms with Gasteiger partial charge in [-0.25, -0.2) is 0 Å². The molecule has 0 aromatic carbocycles. The lowest BCUT2D eigenvalue weighted by molar-refractivity contribution is 0.215. The van der Waals surface area contributed by atoms with Gasteiger partial charge in [-0.05, 0) is 49.1 Å². The number of thiophene rings is 1. The highest BCUT2D eigenvalue weighted by atomic mass is 127. The van der Waals surface area contributed by atoms with Crippen molar-refractivity contribution in [2.75, 3.05) is 20.1 Å². The quantitative estimate of drug-likeness (QED) is 0.403. The van der Waals surface area contributed by atoms with Crippen LogP contribution < -0.4 is 10.6 Å². The number of nitrogens with zero attached hydrogens (tertiary/aromatic N) is 2. The van der Waals surface area contributed by atoms with E-state index >= 15 is 0 Å². The smallest absolute Gasteiger partial charge is 0.191 e. The summed E-state index contributed by atoms with van der Waals surface area (Å²) in [6.45, 7) is 7.42. The molecule has 1 aliphatic rings. The largest absolute Gasteiger partial charge is 0.355 e. The van der Waals surface area contributed by atoms with E-state index < -0.39 is 0 Å². The van der Waals surface area contributed by atoms with Crippen molar-refractivity contribution in [3.05, 3.63) is 22.4 Å². The van der Waals surface area contributed by atoms with Gasteiger partial charge in [0.25, 0.3) is 0 Å². The van der Waals surface area contributed by atoms with Crippen molar-refractivity contribution >= 4 is 41.3 Å². The van der Waals surface area contributed by atoms with Crippen LogP contribution in [0.15, 0.2) is 21.8 Å². The van der Waals surface area contributed by atoms with E-state index in [9.17, 15) is 0 Å². The molecule has 1 fully saturated rings. The Labute approximate surface area is 149 Å². The molecule has 4 nitrogen and oxygen atoms in total. The van der Waals surface area contributed by atoms with Crippen LogP contribution in [-0.2, 0) is 6.54 Å². The molecule has 1 saturated carbocycles. The van der Waals surface area contributed by atoms with Crippen LogP contribution in [0.1, 0.15) is 32.3 Å². The summed E-state index contributed by atoms with van der Waals surface area (Å²) in [5.74, 6) is 0.885. The summed E-state index contributed by atoms with van der Waals surface area (Å²) in [7, 11) is 1.82. The van der Waals surface area contributed by atoms with Crippen molar-refractivity contribution in [1.29, 1.82) is 0 Å². The van der Waals surface area contributed by atoms with E-state index in [1.165, 1.54) is 18.4 Å². The molecule has 120 valence electrons. The number of nitrogens with one attached hydrogen (secondary N) is 2. The van der Waals surface area contributed by atoms with Gasteiger partial charge in [-0.15, -0.1) is 24.0 Å². The van der Waals surface area contributed by atoms with Crippen LogP contribution in [0.4, 0.5) is 0 Å². The second-order valence-electron chi connectivity index (χ2n) is 5.55. The summed E-state index contributed by atoms with van der Waals surface area (Å²) in [4.78, 5) is 6.85. The van der Waals surface area contributed by atoms with Gasteiger partial charge in [-0.1, -0.05) is 0 Å². The second-order valence-corrected chi connectivity index (χ2v) is 6.33. The van der Waals surface area contributed by atoms with Gasteiger partial charge in [0, 0.05) is 38.8 Å². The first-order chi connectivity index (χ1) is 9.70. The minimum Gasteiger partial charge on any atom is -0.355 e. The second kappa shape index (κ2) is 9.63. The molecule has 1 aromatic rings. The summed E-state index contributed by atoms with van der Waals surface area (Å²) in [6.07, 6.45) is 2.73. The molecule has 1 aliphatic carbocycles. The molecule has 0 bridgehead atoms. The number of guanidine groups is 1. The van der Waals surface area contributed by atoms with Crippen molar-refractivity contribution in [2.24, 2.45) is 4.99 Å². The van der Waals surface area contributed by atoms with E-state index in [2.05, 4.69) is 51.2 Å². The van der Waals surface area contributed by atoms with Gasteiger partial charge < -0.3 is 10.6 Å². The molecule has 1 aromatic heterocycles. The molecule has 2 rings (SSSR count). The van der Waals surface area contributed by atoms with E-state index in [0.29, 0.717) is 6.04 Å². The van der Waals surface area contributed by atoms with Crippen LogP contribution in [0.2, 0.25) is 0 Å². The maximum absolute atomic E-state index is 4.27. The molecular formula is C15H27IN4S. The number of hydrogen-bond acceptors (Lipinski definition) is 3. The topological polar surface area (TPSA) is 39.7 Å². The van der Waals surface area contributed by atoms with E-state index in [1.807, 2.05) is 7.05 Å². The Morgan fingerprint density at radius 1 is 1.43 bits per heavy atom. The third kappa shape index (κ3) is 6.52. The van der Waals surface area contributed by atoms with Crippen LogP contribution in [0.25, 0.3) is 0 Å². The Morgan fingerprint density at radius 2 is 2.19 bits per heavy atom. The maximum atomic E-state index is 4.27. The zero-order valence-corrected chi connectivity index (χ0v) is 16.3. The first kappa shape index (κ1) is 18.7. The van der Waals surface area contributed by atoms with Gasteiger partial charge in [0.2, 0.25) is 0 Å². The first-order valence-corrected chi connectivity index (χ1v) is 8.36. The summed E-state index contributed by atoms with van der Waals surface area (Å²) in [5, 5.41) is 11.0. The Hall–Kier alpha value is -0.340. The fraction of sp³-hybridized carbons (Fsp3) is 0.667. The predicted octanol–water partition coefficient (Wildman–Crippen LogP) is 2.90. The number of aliphatic imine (C=N–C) groups is 1. The molecule has 0 saturated heterocycles. The lowest BCUT2D eigenvalue weighted by Gasteiger charge is -2.26. The lowest BCUT2D eigenvalue weighted by Crippen LogP contribution is -2.43. The Kier molecular flexibility index (Phi) is 8.58. The molecule has 0 atom stereocenters. The van der Waals surface area contributed by atoms with E-state index in [1.54, 1.807) is 11.3 Å². The number of hydrogen-bond donors (Lipinski definition) is 2. The SMILES string of the molecule is CN=C(NCCN(C(C)C)C1CC1)NCc1ccsc1.I. The summed E-state index contributed by atoms with van der Waals surface area (Å²) < 4.78 is 0. The molecule has 6 heteroatoms. The Bertz CT molecular complexity index is 413. The molecule has 0 unspecified atom stereocenters. The standard InChI is InChI=1S/C15H26N4S.HI/c1-12(2)19(14-4-5-14)8-7-17-15(16-3)18-10-13-6-9-20-11-13;/h6,9,11-12,14H,4-5,7-8,10H2,1-3H3,(H2,16,17,18);1H. The van der Waals surface area contributed by atoms with Crippen molar-refractivity contribution < 1.29 is 0 Å². The molecule has 21 heavy (non-hydrogen) atoms. The third-order valence-electron chi connectivity index (χ3n) is 3.61. The van der Waals surface area contributed by atoms with Crippen LogP contribution >= 0.6 is 35.3 Å². The summed E-state index contributed by atoms with van der Waals surface area (Å²) >= 11 is 1.73. The lowest BCUT2D eigenvalue weighted by atomic mass is 10.3. The average molecular weight is 422 g/mol. The number of rotatable bonds is 7. The zero-order chi connectivity index (χ0) is 14.4. The van der Waals surface area contributed by atoms with E-state index in [0.717, 1.165) is 31.6 Å². The minimum atomic E-state index is 0. The fourth-order valence-corrected chi connectivity index (χ4v) is 3.04. The Balaban J connectivity index is 0.00000220. The van der Waals surface area contributed by atoms with Gasteiger partial charge in [0.15, 0.2) is 5.96 Å². The molecular weight excluding hydrogens is 395 g/mol. The van der Waals surface area contributed by atoms with Gasteiger partial charge in [-0.2, -0.15) is 11.3 Å². The van der Waals surface area contributed by atoms with Crippen LogP contribution in [-0.4, -0.2) is 43.1 Å². The molecule has 0 spiro atoms. The first-order valence-electron chi connectivity index (χ1n) is 7.42. The van der Waals surface area contributed by atoms with E-state index in [4.69, 9.17) is 0 Å². The van der Waals surface area contributed by atoms with Crippen molar-refractivity contribution in [3.8, 4) is 0 Å². The molecule has 2 N–H and O–H groups in total. The van der Waals surface area contributed by atoms with Gasteiger partial charge in [-0.3, -0.25) is 9.89 Å². The van der Waals surface area contributed by atoms with Crippen molar-refractivity contribution in [2.45, 2.75) is 45.3 Å². The fourth-order valence-electron chi connectivity index (χ4n) is 2.37. The highest BCUT2D eigenvalue weighted by molar-refractivity contribution is 14.0. The Morgan fingerprint density at radius 3 is 2.71 bits per heavy atom. The molecule has 0 aliphatic heterocycles. The van der Waals surface area contributed by atoms with Crippen LogP contribution in [0.3, 0.4) is 0 Å². The minimum absolute atomic E-state index is 0. The zero-order valence-electron chi connectivity index (χ0n) is 13.1. The summed E-state index contributed by atoms with van der Waals surface area (Å²) in [6, 6.07) is 3.58. The monoisotopic (exact) mass is 422 g/mol. The number of halogens is 1.